The zero-order valence-electron chi connectivity index (χ0n) is 9.82. The van der Waals surface area contributed by atoms with E-state index in [1.54, 1.807) is 14.2 Å². The quantitative estimate of drug-likeness (QED) is 0.653. The largest absolute Gasteiger partial charge is 0.369 e. The molecule has 0 radical (unpaired) electrons. The minimum absolute atomic E-state index is 0.0809. The van der Waals surface area contributed by atoms with Gasteiger partial charge >= 0.3 is 0 Å². The highest BCUT2D eigenvalue weighted by molar-refractivity contribution is 4.83. The van der Waals surface area contributed by atoms with E-state index in [4.69, 9.17) is 14.2 Å². The maximum Gasteiger partial charge on any atom is 0.183 e. The maximum atomic E-state index is 5.93. The van der Waals surface area contributed by atoms with Crippen molar-refractivity contribution in [1.29, 1.82) is 0 Å². The predicted molar refractivity (Wildman–Crippen MR) is 55.1 cm³/mol. The Bertz CT molecular complexity index is 166. The summed E-state index contributed by atoms with van der Waals surface area (Å²) in [5.41, 5.74) is 0. The first-order valence-corrected chi connectivity index (χ1v) is 5.31. The molecule has 0 aromatic rings. The van der Waals surface area contributed by atoms with E-state index in [1.165, 1.54) is 0 Å². The van der Waals surface area contributed by atoms with E-state index in [0.717, 1.165) is 6.42 Å². The molecule has 0 aliphatic carbocycles. The van der Waals surface area contributed by atoms with Crippen molar-refractivity contribution in [3.05, 3.63) is 0 Å². The minimum atomic E-state index is -0.228. The van der Waals surface area contributed by atoms with Crippen LogP contribution in [0.1, 0.15) is 27.2 Å². The van der Waals surface area contributed by atoms with Crippen molar-refractivity contribution in [2.24, 2.45) is 11.8 Å². The van der Waals surface area contributed by atoms with Crippen LogP contribution in [0.2, 0.25) is 0 Å². The summed E-state index contributed by atoms with van der Waals surface area (Å²) in [4.78, 5) is 0. The molecular formula is C11H22O3. The molecule has 1 rings (SSSR count). The average molecular weight is 202 g/mol. The fourth-order valence-corrected chi connectivity index (χ4v) is 2.02. The van der Waals surface area contributed by atoms with Gasteiger partial charge in [-0.1, -0.05) is 20.8 Å². The van der Waals surface area contributed by atoms with Crippen molar-refractivity contribution < 1.29 is 14.2 Å². The van der Waals surface area contributed by atoms with Gasteiger partial charge in [-0.3, -0.25) is 0 Å². The van der Waals surface area contributed by atoms with Crippen molar-refractivity contribution in [3.63, 3.8) is 0 Å². The lowest BCUT2D eigenvalue weighted by Crippen LogP contribution is -2.34. The standard InChI is InChI=1S/C11H22O3/c1-7(2)9-6-8(3)10(14-9)11(12-4)13-5/h7-11H,6H2,1-5H3/t8-,9+,10+/m0/s1. The third-order valence-corrected chi connectivity index (χ3v) is 2.97. The van der Waals surface area contributed by atoms with Crippen LogP contribution in [0.5, 0.6) is 0 Å². The highest BCUT2D eigenvalue weighted by Gasteiger charge is 2.38. The van der Waals surface area contributed by atoms with Crippen LogP contribution in [0.4, 0.5) is 0 Å². The molecule has 0 aromatic carbocycles. The minimum Gasteiger partial charge on any atom is -0.369 e. The molecule has 1 fully saturated rings. The normalized spacial score (nSPS) is 33.2. The molecule has 14 heavy (non-hydrogen) atoms. The van der Waals surface area contributed by atoms with Gasteiger partial charge < -0.3 is 14.2 Å². The molecule has 1 heterocycles. The molecular weight excluding hydrogens is 180 g/mol. The summed E-state index contributed by atoms with van der Waals surface area (Å²) in [5, 5.41) is 0. The second-order valence-corrected chi connectivity index (χ2v) is 4.44. The zero-order chi connectivity index (χ0) is 10.7. The summed E-state index contributed by atoms with van der Waals surface area (Å²) >= 11 is 0. The van der Waals surface area contributed by atoms with Gasteiger partial charge in [0, 0.05) is 14.2 Å². The lowest BCUT2D eigenvalue weighted by molar-refractivity contribution is -0.186. The third-order valence-electron chi connectivity index (χ3n) is 2.97. The molecule has 0 saturated carbocycles. The Hall–Kier alpha value is -0.120. The van der Waals surface area contributed by atoms with Crippen LogP contribution in [0.15, 0.2) is 0 Å². The van der Waals surface area contributed by atoms with E-state index in [2.05, 4.69) is 20.8 Å². The lowest BCUT2D eigenvalue weighted by atomic mass is 9.96. The van der Waals surface area contributed by atoms with Gasteiger partial charge in [0.15, 0.2) is 6.29 Å². The van der Waals surface area contributed by atoms with Crippen molar-refractivity contribution >= 4 is 0 Å². The summed E-state index contributed by atoms with van der Waals surface area (Å²) in [6.07, 6.45) is 1.31. The Morgan fingerprint density at radius 2 is 1.79 bits per heavy atom. The summed E-state index contributed by atoms with van der Waals surface area (Å²) in [6, 6.07) is 0. The van der Waals surface area contributed by atoms with Gasteiger partial charge in [-0.2, -0.15) is 0 Å². The van der Waals surface area contributed by atoms with Crippen molar-refractivity contribution in [2.45, 2.75) is 45.7 Å². The van der Waals surface area contributed by atoms with Crippen LogP contribution in [-0.2, 0) is 14.2 Å². The van der Waals surface area contributed by atoms with Gasteiger partial charge in [0.1, 0.15) is 6.10 Å². The molecule has 0 N–H and O–H groups in total. The van der Waals surface area contributed by atoms with E-state index < -0.39 is 0 Å². The fraction of sp³-hybridized carbons (Fsp3) is 1.00. The predicted octanol–water partition coefficient (Wildman–Crippen LogP) is 2.05. The third kappa shape index (κ3) is 2.47. The first-order valence-electron chi connectivity index (χ1n) is 5.31. The molecule has 3 nitrogen and oxygen atoms in total. The first-order chi connectivity index (χ1) is 6.60. The second-order valence-electron chi connectivity index (χ2n) is 4.44. The molecule has 0 aromatic heterocycles. The smallest absolute Gasteiger partial charge is 0.183 e. The average Bonchev–Trinajstić information content (AvgIpc) is 2.51. The van der Waals surface area contributed by atoms with Crippen LogP contribution >= 0.6 is 0 Å². The highest BCUT2D eigenvalue weighted by atomic mass is 16.7. The molecule has 0 amide bonds. The lowest BCUT2D eigenvalue weighted by Gasteiger charge is -2.24. The van der Waals surface area contributed by atoms with Crippen LogP contribution in [0.25, 0.3) is 0 Å². The van der Waals surface area contributed by atoms with Gasteiger partial charge in [0.25, 0.3) is 0 Å². The monoisotopic (exact) mass is 202 g/mol. The zero-order valence-corrected chi connectivity index (χ0v) is 9.82. The maximum absolute atomic E-state index is 5.93. The molecule has 0 unspecified atom stereocenters. The summed E-state index contributed by atoms with van der Waals surface area (Å²) in [5.74, 6) is 1.07. The highest BCUT2D eigenvalue weighted by Crippen LogP contribution is 2.32. The molecule has 84 valence electrons. The van der Waals surface area contributed by atoms with Crippen LogP contribution in [-0.4, -0.2) is 32.7 Å². The Balaban J connectivity index is 2.55. The molecule has 0 spiro atoms. The van der Waals surface area contributed by atoms with Gasteiger partial charge in [-0.15, -0.1) is 0 Å². The van der Waals surface area contributed by atoms with Crippen LogP contribution in [0.3, 0.4) is 0 Å². The Labute approximate surface area is 86.7 Å². The molecule has 3 heteroatoms. The van der Waals surface area contributed by atoms with E-state index in [-0.39, 0.29) is 12.4 Å². The molecule has 1 aliphatic rings. The summed E-state index contributed by atoms with van der Waals surface area (Å²) < 4.78 is 16.4. The number of hydrogen-bond donors (Lipinski definition) is 0. The summed E-state index contributed by atoms with van der Waals surface area (Å²) in [6.45, 7) is 6.57. The Morgan fingerprint density at radius 1 is 1.21 bits per heavy atom. The molecule has 3 atom stereocenters. The van der Waals surface area contributed by atoms with Crippen molar-refractivity contribution in [1.82, 2.24) is 0 Å². The number of ether oxygens (including phenoxy) is 3. The molecule has 0 bridgehead atoms. The Kier molecular flexibility index (Phi) is 4.35. The second kappa shape index (κ2) is 5.10. The summed E-state index contributed by atoms with van der Waals surface area (Å²) in [7, 11) is 3.32. The SMILES string of the molecule is COC(OC)[C@@H]1O[C@@H](C(C)C)C[C@@H]1C. The molecule has 1 aliphatic heterocycles. The first kappa shape index (κ1) is 12.0. The number of rotatable bonds is 4. The van der Waals surface area contributed by atoms with Crippen molar-refractivity contribution in [3.8, 4) is 0 Å². The van der Waals surface area contributed by atoms with E-state index in [0.29, 0.717) is 17.9 Å². The number of methoxy groups -OCH3 is 2. The van der Waals surface area contributed by atoms with Gasteiger partial charge in [-0.25, -0.2) is 0 Å². The van der Waals surface area contributed by atoms with Gasteiger partial charge in [0.05, 0.1) is 6.10 Å². The van der Waals surface area contributed by atoms with Crippen molar-refractivity contribution in [2.75, 3.05) is 14.2 Å². The fourth-order valence-electron chi connectivity index (χ4n) is 2.02. The van der Waals surface area contributed by atoms with Gasteiger partial charge in [-0.05, 0) is 18.3 Å². The van der Waals surface area contributed by atoms with E-state index in [1.807, 2.05) is 0 Å². The molecule has 1 saturated heterocycles. The number of hydrogen-bond acceptors (Lipinski definition) is 3. The topological polar surface area (TPSA) is 27.7 Å². The van der Waals surface area contributed by atoms with Crippen LogP contribution in [0, 0.1) is 11.8 Å². The van der Waals surface area contributed by atoms with E-state index in [9.17, 15) is 0 Å². The van der Waals surface area contributed by atoms with Gasteiger partial charge in [0.2, 0.25) is 0 Å². The van der Waals surface area contributed by atoms with Crippen LogP contribution < -0.4 is 0 Å². The Morgan fingerprint density at radius 3 is 2.14 bits per heavy atom. The van der Waals surface area contributed by atoms with E-state index >= 15 is 0 Å².